The number of amides is 2. The summed E-state index contributed by atoms with van der Waals surface area (Å²) in [6.07, 6.45) is 0.903. The van der Waals surface area contributed by atoms with Gasteiger partial charge in [0.25, 0.3) is 0 Å². The van der Waals surface area contributed by atoms with E-state index in [1.165, 1.54) is 17.5 Å². The van der Waals surface area contributed by atoms with Crippen molar-refractivity contribution in [1.29, 1.82) is 0 Å². The summed E-state index contributed by atoms with van der Waals surface area (Å²) in [6, 6.07) is 30.9. The minimum atomic E-state index is -1.60. The van der Waals surface area contributed by atoms with Crippen LogP contribution in [0.25, 0.3) is 10.8 Å². The number of hydrogen-bond donors (Lipinski definition) is 4. The standard InChI is InChI=1S/C29H26N4O2.C2H7NO/c1-3-21-16-18-23(19-17-21)31-29(30-20(2)34)27(26-15-9-11-22-10-7-8-14-25(22)26)32-33(28(29)35)24-12-5-4-6-13-24;3-1-2-4/h4-19,31H,3H2,1-2H3,(H,30,34);4H,1-3H2. The molecule has 0 bridgehead atoms. The SMILES string of the molecule is CCc1ccc(NC2(NC(C)=O)C(=O)N(c3ccccc3)N=C2c2cccc3ccccc23)cc1.NCCO. The molecule has 0 fully saturated rings. The number of para-hydroxylation sites is 1. The normalized spacial score (nSPS) is 16.4. The van der Waals surface area contributed by atoms with Gasteiger partial charge in [0.1, 0.15) is 5.71 Å². The van der Waals surface area contributed by atoms with Crippen LogP contribution < -0.4 is 21.4 Å². The number of nitrogens with zero attached hydrogens (tertiary/aromatic N) is 2. The Morgan fingerprint density at radius 1 is 0.949 bits per heavy atom. The second-order valence-corrected chi connectivity index (χ2v) is 9.05. The fraction of sp³-hybridized carbons (Fsp3) is 0.194. The summed E-state index contributed by atoms with van der Waals surface area (Å²) in [4.78, 5) is 26.7. The minimum absolute atomic E-state index is 0.0972. The zero-order valence-electron chi connectivity index (χ0n) is 22.1. The molecule has 0 aliphatic carbocycles. The third kappa shape index (κ3) is 5.82. The first-order valence-corrected chi connectivity index (χ1v) is 12.9. The van der Waals surface area contributed by atoms with Gasteiger partial charge in [-0.3, -0.25) is 9.59 Å². The molecular formula is C31H33N5O3. The van der Waals surface area contributed by atoms with Gasteiger partial charge >= 0.3 is 5.91 Å². The van der Waals surface area contributed by atoms with Gasteiger partial charge in [0.2, 0.25) is 11.6 Å². The van der Waals surface area contributed by atoms with E-state index in [1.54, 1.807) is 0 Å². The van der Waals surface area contributed by atoms with Crippen LogP contribution in [-0.4, -0.2) is 41.4 Å². The van der Waals surface area contributed by atoms with Gasteiger partial charge in [-0.2, -0.15) is 10.1 Å². The number of hydrogen-bond acceptors (Lipinski definition) is 6. The number of anilines is 2. The molecule has 0 spiro atoms. The van der Waals surface area contributed by atoms with Crippen molar-refractivity contribution in [2.45, 2.75) is 25.9 Å². The fourth-order valence-electron chi connectivity index (χ4n) is 4.47. The molecule has 4 aromatic rings. The Morgan fingerprint density at radius 3 is 2.23 bits per heavy atom. The topological polar surface area (TPSA) is 120 Å². The number of aryl methyl sites for hydroxylation is 1. The van der Waals surface area contributed by atoms with E-state index in [0.717, 1.165) is 22.8 Å². The predicted octanol–water partition coefficient (Wildman–Crippen LogP) is 4.04. The summed E-state index contributed by atoms with van der Waals surface area (Å²) in [6.45, 7) is 3.97. The third-order valence-electron chi connectivity index (χ3n) is 6.30. The van der Waals surface area contributed by atoms with E-state index in [2.05, 4.69) is 17.6 Å². The van der Waals surface area contributed by atoms with Gasteiger partial charge in [0.05, 0.1) is 12.3 Å². The second-order valence-electron chi connectivity index (χ2n) is 9.05. The van der Waals surface area contributed by atoms with E-state index >= 15 is 0 Å². The number of rotatable bonds is 7. The van der Waals surface area contributed by atoms with E-state index in [-0.39, 0.29) is 18.4 Å². The van der Waals surface area contributed by atoms with Crippen LogP contribution in [0.15, 0.2) is 102 Å². The van der Waals surface area contributed by atoms with Crippen LogP contribution in [0.2, 0.25) is 0 Å². The lowest BCUT2D eigenvalue weighted by molar-refractivity contribution is -0.127. The van der Waals surface area contributed by atoms with Gasteiger partial charge in [-0.25, -0.2) is 0 Å². The summed E-state index contributed by atoms with van der Waals surface area (Å²) in [5, 5.41) is 22.2. The number of aliphatic hydroxyl groups is 1. The number of carbonyl (C=O) groups excluding carboxylic acids is 2. The van der Waals surface area contributed by atoms with E-state index in [9.17, 15) is 9.59 Å². The largest absolute Gasteiger partial charge is 0.395 e. The molecule has 4 aromatic carbocycles. The zero-order valence-corrected chi connectivity index (χ0v) is 22.1. The lowest BCUT2D eigenvalue weighted by Crippen LogP contribution is -2.64. The first kappa shape index (κ1) is 27.5. The van der Waals surface area contributed by atoms with Gasteiger partial charge in [-0.1, -0.05) is 79.7 Å². The van der Waals surface area contributed by atoms with Crippen molar-refractivity contribution in [3.8, 4) is 0 Å². The number of nitrogens with two attached hydrogens (primary N) is 1. The van der Waals surface area contributed by atoms with Crippen molar-refractivity contribution in [3.05, 3.63) is 108 Å². The zero-order chi connectivity index (χ0) is 27.8. The Kier molecular flexibility index (Phi) is 8.70. The molecule has 5 rings (SSSR count). The number of benzene rings is 4. The third-order valence-corrected chi connectivity index (χ3v) is 6.30. The number of carbonyl (C=O) groups is 2. The minimum Gasteiger partial charge on any atom is -0.395 e. The maximum absolute atomic E-state index is 14.1. The van der Waals surface area contributed by atoms with Crippen molar-refractivity contribution >= 4 is 39.7 Å². The van der Waals surface area contributed by atoms with Crippen molar-refractivity contribution in [2.24, 2.45) is 10.8 Å². The average molecular weight is 524 g/mol. The predicted molar refractivity (Wildman–Crippen MR) is 157 cm³/mol. The fourth-order valence-corrected chi connectivity index (χ4v) is 4.47. The smallest absolute Gasteiger partial charge is 0.300 e. The average Bonchev–Trinajstić information content (AvgIpc) is 3.24. The molecule has 2 amide bonds. The van der Waals surface area contributed by atoms with E-state index in [4.69, 9.17) is 15.9 Å². The highest BCUT2D eigenvalue weighted by Crippen LogP contribution is 2.33. The Bertz CT molecular complexity index is 1460. The van der Waals surface area contributed by atoms with Crippen LogP contribution in [-0.2, 0) is 16.0 Å². The molecule has 39 heavy (non-hydrogen) atoms. The molecule has 1 atom stereocenters. The molecule has 1 aliphatic rings. The number of fused-ring (bicyclic) bond motifs is 1. The monoisotopic (exact) mass is 523 g/mol. The number of aliphatic hydroxyl groups excluding tert-OH is 1. The highest BCUT2D eigenvalue weighted by atomic mass is 16.3. The van der Waals surface area contributed by atoms with Gasteiger partial charge in [-0.15, -0.1) is 0 Å². The van der Waals surface area contributed by atoms with E-state index < -0.39 is 5.66 Å². The Labute approximate surface area is 228 Å². The first-order valence-electron chi connectivity index (χ1n) is 12.9. The van der Waals surface area contributed by atoms with Gasteiger partial charge in [0.15, 0.2) is 0 Å². The molecule has 8 nitrogen and oxygen atoms in total. The molecule has 5 N–H and O–H groups in total. The van der Waals surface area contributed by atoms with E-state index in [1.807, 2.05) is 97.1 Å². The molecule has 0 aromatic heterocycles. The Balaban J connectivity index is 0.000000826. The quantitative estimate of drug-likeness (QED) is 0.273. The molecule has 0 saturated heterocycles. The molecule has 0 saturated carbocycles. The summed E-state index contributed by atoms with van der Waals surface area (Å²) >= 11 is 0. The van der Waals surface area contributed by atoms with Gasteiger partial charge < -0.3 is 21.5 Å². The Hall–Kier alpha value is -4.53. The number of hydrazone groups is 1. The lowest BCUT2D eigenvalue weighted by Gasteiger charge is -2.32. The molecule has 1 aliphatic heterocycles. The van der Waals surface area contributed by atoms with Crippen molar-refractivity contribution in [1.82, 2.24) is 5.32 Å². The van der Waals surface area contributed by atoms with Crippen molar-refractivity contribution in [3.63, 3.8) is 0 Å². The summed E-state index contributed by atoms with van der Waals surface area (Å²) < 4.78 is 0. The van der Waals surface area contributed by atoms with Crippen LogP contribution in [0, 0.1) is 0 Å². The maximum atomic E-state index is 14.1. The lowest BCUT2D eigenvalue weighted by atomic mass is 9.92. The highest BCUT2D eigenvalue weighted by molar-refractivity contribution is 6.33. The van der Waals surface area contributed by atoms with Crippen LogP contribution >= 0.6 is 0 Å². The Morgan fingerprint density at radius 2 is 1.59 bits per heavy atom. The van der Waals surface area contributed by atoms with E-state index in [0.29, 0.717) is 23.6 Å². The van der Waals surface area contributed by atoms with Crippen LogP contribution in [0.5, 0.6) is 0 Å². The second kappa shape index (κ2) is 12.3. The highest BCUT2D eigenvalue weighted by Gasteiger charge is 2.53. The molecule has 200 valence electrons. The van der Waals surface area contributed by atoms with Crippen LogP contribution in [0.4, 0.5) is 11.4 Å². The van der Waals surface area contributed by atoms with Crippen molar-refractivity contribution < 1.29 is 14.7 Å². The van der Waals surface area contributed by atoms with Crippen molar-refractivity contribution in [2.75, 3.05) is 23.5 Å². The molecule has 0 radical (unpaired) electrons. The molecule has 8 heteroatoms. The van der Waals surface area contributed by atoms with Gasteiger partial charge in [0, 0.05) is 24.7 Å². The van der Waals surface area contributed by atoms with Crippen LogP contribution in [0.1, 0.15) is 25.0 Å². The maximum Gasteiger partial charge on any atom is 0.300 e. The van der Waals surface area contributed by atoms with Crippen LogP contribution in [0.3, 0.4) is 0 Å². The summed E-state index contributed by atoms with van der Waals surface area (Å²) in [7, 11) is 0. The molecule has 1 heterocycles. The van der Waals surface area contributed by atoms with Gasteiger partial charge in [-0.05, 0) is 47.0 Å². The number of nitrogens with one attached hydrogen (secondary N) is 2. The summed E-state index contributed by atoms with van der Waals surface area (Å²) in [5.74, 6) is -0.736. The summed E-state index contributed by atoms with van der Waals surface area (Å²) in [5.41, 5.74) is 6.87. The molecular weight excluding hydrogens is 490 g/mol. The first-order chi connectivity index (χ1) is 18.9. The molecule has 1 unspecified atom stereocenters.